The van der Waals surface area contributed by atoms with Gasteiger partial charge in [0, 0.05) is 19.7 Å². The number of ketones is 1. The number of hydrogen-bond donors (Lipinski definition) is 1. The fourth-order valence-corrected chi connectivity index (χ4v) is 2.54. The number of nitrogen functional groups attached to an aromatic ring is 1. The summed E-state index contributed by atoms with van der Waals surface area (Å²) >= 11 is 0. The summed E-state index contributed by atoms with van der Waals surface area (Å²) in [5.41, 5.74) is 3.85. The average Bonchev–Trinajstić information content (AvgIpc) is 2.68. The molecule has 27 heavy (non-hydrogen) atoms. The smallest absolute Gasteiger partial charge is 0.332 e. The van der Waals surface area contributed by atoms with E-state index in [2.05, 4.69) is 0 Å². The Morgan fingerprint density at radius 1 is 1.19 bits per heavy atom. The lowest BCUT2D eigenvalue weighted by molar-refractivity contribution is 0.103. The van der Waals surface area contributed by atoms with Crippen LogP contribution in [-0.2, 0) is 14.1 Å². The maximum absolute atomic E-state index is 12.8. The molecule has 1 heterocycles. The number of nitriles is 1. The maximum atomic E-state index is 12.8. The van der Waals surface area contributed by atoms with Crippen LogP contribution in [0.4, 0.5) is 5.82 Å². The minimum atomic E-state index is -0.893. The number of hydrogen-bond acceptors (Lipinski definition) is 7. The molecule has 140 valence electrons. The van der Waals surface area contributed by atoms with Crippen LogP contribution >= 0.6 is 0 Å². The van der Waals surface area contributed by atoms with Gasteiger partial charge in [-0.25, -0.2) is 4.79 Å². The Morgan fingerprint density at radius 3 is 2.41 bits per heavy atom. The number of para-hydroxylation sites is 1. The van der Waals surface area contributed by atoms with Crippen LogP contribution in [-0.4, -0.2) is 29.1 Å². The molecule has 0 aliphatic carbocycles. The van der Waals surface area contributed by atoms with Crippen molar-refractivity contribution in [2.45, 2.75) is 0 Å². The molecule has 9 heteroatoms. The van der Waals surface area contributed by atoms with Crippen molar-refractivity contribution in [2.75, 3.05) is 20.0 Å². The second-order valence-electron chi connectivity index (χ2n) is 5.55. The van der Waals surface area contributed by atoms with Crippen LogP contribution in [0.1, 0.15) is 15.9 Å². The minimum Gasteiger partial charge on any atom is -0.493 e. The SMILES string of the molecule is COc1cccc(/C=C(\C#N)C(=O)c2c(N)n(C)c(=O)n(C)c2=O)c1OC. The number of anilines is 1. The van der Waals surface area contributed by atoms with Crippen LogP contribution < -0.4 is 26.5 Å². The zero-order valence-corrected chi connectivity index (χ0v) is 15.3. The molecular formula is C18H18N4O5. The first-order valence-corrected chi connectivity index (χ1v) is 7.71. The van der Waals surface area contributed by atoms with E-state index in [4.69, 9.17) is 15.2 Å². The van der Waals surface area contributed by atoms with E-state index in [1.807, 2.05) is 0 Å². The molecule has 2 rings (SSSR count). The topological polar surface area (TPSA) is 129 Å². The van der Waals surface area contributed by atoms with Crippen molar-refractivity contribution in [3.8, 4) is 17.6 Å². The molecule has 0 unspecified atom stereocenters. The fraction of sp³-hybridized carbons (Fsp3) is 0.222. The fourth-order valence-electron chi connectivity index (χ4n) is 2.54. The van der Waals surface area contributed by atoms with Crippen molar-refractivity contribution in [1.82, 2.24) is 9.13 Å². The van der Waals surface area contributed by atoms with Gasteiger partial charge in [0.1, 0.15) is 23.0 Å². The molecule has 2 N–H and O–H groups in total. The average molecular weight is 370 g/mol. The Labute approximate surface area is 154 Å². The van der Waals surface area contributed by atoms with Gasteiger partial charge >= 0.3 is 5.69 Å². The van der Waals surface area contributed by atoms with E-state index in [1.54, 1.807) is 24.3 Å². The van der Waals surface area contributed by atoms with Crippen LogP contribution in [0.15, 0.2) is 33.4 Å². The highest BCUT2D eigenvalue weighted by Gasteiger charge is 2.24. The van der Waals surface area contributed by atoms with Gasteiger partial charge in [0.25, 0.3) is 5.56 Å². The third kappa shape index (κ3) is 3.32. The molecule has 1 aromatic carbocycles. The van der Waals surface area contributed by atoms with E-state index in [0.29, 0.717) is 17.1 Å². The first-order valence-electron chi connectivity index (χ1n) is 7.71. The zero-order valence-electron chi connectivity index (χ0n) is 15.3. The molecule has 0 radical (unpaired) electrons. The van der Waals surface area contributed by atoms with Crippen molar-refractivity contribution < 1.29 is 14.3 Å². The predicted molar refractivity (Wildman–Crippen MR) is 98.8 cm³/mol. The van der Waals surface area contributed by atoms with E-state index < -0.39 is 22.6 Å². The number of rotatable bonds is 5. The highest BCUT2D eigenvalue weighted by Crippen LogP contribution is 2.32. The molecule has 0 amide bonds. The molecule has 0 bridgehead atoms. The third-order valence-corrected chi connectivity index (χ3v) is 4.04. The van der Waals surface area contributed by atoms with Crippen molar-refractivity contribution in [1.29, 1.82) is 5.26 Å². The van der Waals surface area contributed by atoms with Gasteiger partial charge in [-0.15, -0.1) is 0 Å². The molecule has 0 fully saturated rings. The monoisotopic (exact) mass is 370 g/mol. The highest BCUT2D eigenvalue weighted by molar-refractivity contribution is 6.16. The Morgan fingerprint density at radius 2 is 1.85 bits per heavy atom. The normalized spacial score (nSPS) is 11.0. The Balaban J connectivity index is 2.70. The number of methoxy groups -OCH3 is 2. The molecule has 0 atom stereocenters. The van der Waals surface area contributed by atoms with Gasteiger partial charge in [-0.3, -0.25) is 18.7 Å². The zero-order chi connectivity index (χ0) is 20.3. The number of ether oxygens (including phenoxy) is 2. The van der Waals surface area contributed by atoms with E-state index in [1.165, 1.54) is 34.4 Å². The van der Waals surface area contributed by atoms with Crippen LogP contribution in [0, 0.1) is 11.3 Å². The third-order valence-electron chi connectivity index (χ3n) is 4.04. The quantitative estimate of drug-likeness (QED) is 0.460. The second-order valence-corrected chi connectivity index (χ2v) is 5.55. The molecule has 0 saturated heterocycles. The summed E-state index contributed by atoms with van der Waals surface area (Å²) in [5, 5.41) is 9.45. The van der Waals surface area contributed by atoms with Crippen LogP contribution in [0.2, 0.25) is 0 Å². The molecule has 0 saturated carbocycles. The first-order chi connectivity index (χ1) is 12.8. The molecule has 0 aliphatic rings. The second kappa shape index (κ2) is 7.61. The van der Waals surface area contributed by atoms with Gasteiger partial charge in [0.2, 0.25) is 5.78 Å². The summed E-state index contributed by atoms with van der Waals surface area (Å²) in [5.74, 6) is -0.474. The number of aromatic nitrogens is 2. The summed E-state index contributed by atoms with van der Waals surface area (Å²) in [7, 11) is 5.43. The lowest BCUT2D eigenvalue weighted by Gasteiger charge is -2.12. The van der Waals surface area contributed by atoms with Crippen molar-refractivity contribution >= 4 is 17.7 Å². The van der Waals surface area contributed by atoms with Crippen molar-refractivity contribution in [2.24, 2.45) is 14.1 Å². The van der Waals surface area contributed by atoms with Gasteiger partial charge < -0.3 is 15.2 Å². The minimum absolute atomic E-state index is 0.313. The van der Waals surface area contributed by atoms with Gasteiger partial charge in [-0.05, 0) is 12.1 Å². The highest BCUT2D eigenvalue weighted by atomic mass is 16.5. The summed E-state index contributed by atoms with van der Waals surface area (Å²) in [6, 6.07) is 6.71. The standard InChI is InChI=1S/C18H18N4O5/c1-21-16(20)13(17(24)22(2)18(21)25)14(23)11(9-19)8-10-6-5-7-12(26-3)15(10)27-4/h5-8H,20H2,1-4H3/b11-8+. The number of nitrogens with two attached hydrogens (primary N) is 1. The molecule has 2 aromatic rings. The van der Waals surface area contributed by atoms with E-state index in [0.717, 1.165) is 9.13 Å². The molecule has 0 spiro atoms. The first kappa shape index (κ1) is 19.5. The summed E-state index contributed by atoms with van der Waals surface area (Å²) in [6.45, 7) is 0. The lowest BCUT2D eigenvalue weighted by atomic mass is 10.0. The van der Waals surface area contributed by atoms with Crippen LogP contribution in [0.3, 0.4) is 0 Å². The van der Waals surface area contributed by atoms with Gasteiger partial charge in [0.05, 0.1) is 14.2 Å². The number of carbonyl (C=O) groups is 1. The summed E-state index contributed by atoms with van der Waals surface area (Å²) in [6.07, 6.45) is 1.27. The molecule has 1 aromatic heterocycles. The Kier molecular flexibility index (Phi) is 5.51. The van der Waals surface area contributed by atoms with Gasteiger partial charge in [0.15, 0.2) is 11.5 Å². The summed E-state index contributed by atoms with van der Waals surface area (Å²) < 4.78 is 12.2. The maximum Gasteiger partial charge on any atom is 0.332 e. The number of nitrogens with zero attached hydrogens (tertiary/aromatic N) is 3. The predicted octanol–water partition coefficient (Wildman–Crippen LogP) is 0.473. The van der Waals surface area contributed by atoms with E-state index in [-0.39, 0.29) is 11.4 Å². The van der Waals surface area contributed by atoms with E-state index in [9.17, 15) is 19.6 Å². The van der Waals surface area contributed by atoms with Crippen molar-refractivity contribution in [3.63, 3.8) is 0 Å². The van der Waals surface area contributed by atoms with Crippen LogP contribution in [0.25, 0.3) is 6.08 Å². The number of allylic oxidation sites excluding steroid dienone is 1. The van der Waals surface area contributed by atoms with Gasteiger partial charge in [-0.1, -0.05) is 12.1 Å². The molecule has 9 nitrogen and oxygen atoms in total. The largest absolute Gasteiger partial charge is 0.493 e. The van der Waals surface area contributed by atoms with Gasteiger partial charge in [-0.2, -0.15) is 5.26 Å². The number of benzene rings is 1. The molecule has 0 aliphatic heterocycles. The Bertz CT molecular complexity index is 1100. The number of carbonyl (C=O) groups excluding carboxylic acids is 1. The number of Topliss-reactive ketones (excluding diaryl/α,β-unsaturated/α-hetero) is 1. The summed E-state index contributed by atoms with van der Waals surface area (Å²) in [4.78, 5) is 37.1. The Hall–Kier alpha value is -3.80. The van der Waals surface area contributed by atoms with Crippen molar-refractivity contribution in [3.05, 3.63) is 55.7 Å². The van der Waals surface area contributed by atoms with E-state index >= 15 is 0 Å². The molecular weight excluding hydrogens is 352 g/mol. The lowest BCUT2D eigenvalue weighted by Crippen LogP contribution is -2.41. The van der Waals surface area contributed by atoms with Crippen LogP contribution in [0.5, 0.6) is 11.5 Å².